The molecule has 0 fully saturated rings. The third kappa shape index (κ3) is 10.2. The Morgan fingerprint density at radius 2 is 1.55 bits per heavy atom. The molecule has 0 spiro atoms. The molecule has 0 amide bonds. The van der Waals surface area contributed by atoms with Crippen LogP contribution in [0.5, 0.6) is 5.75 Å². The van der Waals surface area contributed by atoms with Gasteiger partial charge in [-0.05, 0) is 55.9 Å². The molecule has 1 aromatic carbocycles. The van der Waals surface area contributed by atoms with Gasteiger partial charge < -0.3 is 9.64 Å². The highest BCUT2D eigenvalue weighted by Gasteiger charge is 2.17. The van der Waals surface area contributed by atoms with Gasteiger partial charge in [-0.3, -0.25) is 0 Å². The highest BCUT2D eigenvalue weighted by molar-refractivity contribution is 9.09. The Bertz CT molecular complexity index is 533. The van der Waals surface area contributed by atoms with E-state index >= 15 is 0 Å². The summed E-state index contributed by atoms with van der Waals surface area (Å²) < 4.78 is 6.05. The maximum absolute atomic E-state index is 6.05. The third-order valence-corrected chi connectivity index (χ3v) is 6.65. The van der Waals surface area contributed by atoms with Gasteiger partial charge in [0, 0.05) is 24.1 Å². The predicted molar refractivity (Wildman–Crippen MR) is 132 cm³/mol. The number of alkyl halides is 1. The lowest BCUT2D eigenvalue weighted by molar-refractivity contribution is 0.304. The lowest BCUT2D eigenvalue weighted by atomic mass is 10.0. The molecule has 0 aliphatic carbocycles. The lowest BCUT2D eigenvalue weighted by Gasteiger charge is -2.31. The molecule has 1 aliphatic heterocycles. The van der Waals surface area contributed by atoms with Crippen LogP contribution in [0.25, 0.3) is 0 Å². The quantitative estimate of drug-likeness (QED) is 0.169. The molecule has 0 aromatic heterocycles. The Morgan fingerprint density at radius 3 is 2.31 bits per heavy atom. The first-order chi connectivity index (χ1) is 14.3. The Hall–Kier alpha value is -0.700. The minimum Gasteiger partial charge on any atom is -0.494 e. The Kier molecular flexibility index (Phi) is 13.6. The van der Waals surface area contributed by atoms with E-state index in [9.17, 15) is 0 Å². The van der Waals surface area contributed by atoms with Gasteiger partial charge in [0.05, 0.1) is 6.61 Å². The normalized spacial score (nSPS) is 13.5. The van der Waals surface area contributed by atoms with Crippen LogP contribution in [0.3, 0.4) is 0 Å². The molecular formula is C26H44BrNO. The van der Waals surface area contributed by atoms with E-state index in [2.05, 4.69) is 46.0 Å². The molecule has 29 heavy (non-hydrogen) atoms. The minimum absolute atomic E-state index is 0.860. The van der Waals surface area contributed by atoms with Crippen LogP contribution < -0.4 is 9.64 Å². The topological polar surface area (TPSA) is 12.5 Å². The first-order valence-corrected chi connectivity index (χ1v) is 13.5. The fraction of sp³-hybridized carbons (Fsp3) is 0.769. The average Bonchev–Trinajstić information content (AvgIpc) is 2.75. The summed E-state index contributed by atoms with van der Waals surface area (Å²) in [6.07, 6.45) is 20.0. The molecule has 1 aliphatic rings. The summed E-state index contributed by atoms with van der Waals surface area (Å²) in [4.78, 5) is 2.61. The largest absolute Gasteiger partial charge is 0.494 e. The number of hydrogen-bond donors (Lipinski definition) is 0. The van der Waals surface area contributed by atoms with Crippen LogP contribution in [0.4, 0.5) is 5.69 Å². The summed E-state index contributed by atoms with van der Waals surface area (Å²) in [6, 6.07) is 6.81. The maximum Gasteiger partial charge on any atom is 0.119 e. The van der Waals surface area contributed by atoms with Crippen molar-refractivity contribution in [2.45, 2.75) is 103 Å². The van der Waals surface area contributed by atoms with E-state index in [1.165, 1.54) is 121 Å². The summed E-state index contributed by atoms with van der Waals surface area (Å²) in [6.45, 7) is 5.59. The number of ether oxygens (including phenoxy) is 1. The van der Waals surface area contributed by atoms with E-state index in [0.29, 0.717) is 0 Å². The number of nitrogens with zero attached hydrogens (tertiary/aromatic N) is 1. The molecule has 0 saturated heterocycles. The molecule has 0 unspecified atom stereocenters. The number of aryl methyl sites for hydroxylation is 1. The van der Waals surface area contributed by atoms with Crippen molar-refractivity contribution in [3.05, 3.63) is 23.8 Å². The highest BCUT2D eigenvalue weighted by Crippen LogP contribution is 2.31. The lowest BCUT2D eigenvalue weighted by Crippen LogP contribution is -2.30. The van der Waals surface area contributed by atoms with E-state index in [-0.39, 0.29) is 0 Å². The van der Waals surface area contributed by atoms with Gasteiger partial charge in [0.2, 0.25) is 0 Å². The Morgan fingerprint density at radius 1 is 0.862 bits per heavy atom. The van der Waals surface area contributed by atoms with Crippen molar-refractivity contribution in [1.29, 1.82) is 0 Å². The summed E-state index contributed by atoms with van der Waals surface area (Å²) in [5, 5.41) is 1.14. The molecule has 1 heterocycles. The van der Waals surface area contributed by atoms with E-state index in [4.69, 9.17) is 4.74 Å². The maximum atomic E-state index is 6.05. The van der Waals surface area contributed by atoms with Crippen LogP contribution in [0.1, 0.15) is 102 Å². The van der Waals surface area contributed by atoms with Crippen molar-refractivity contribution in [3.63, 3.8) is 0 Å². The van der Waals surface area contributed by atoms with Gasteiger partial charge in [-0.1, -0.05) is 87.1 Å². The van der Waals surface area contributed by atoms with Crippen molar-refractivity contribution >= 4 is 21.6 Å². The smallest absolute Gasteiger partial charge is 0.119 e. The monoisotopic (exact) mass is 465 g/mol. The number of rotatable bonds is 17. The molecule has 0 bridgehead atoms. The molecule has 3 heteroatoms. The predicted octanol–water partition coefficient (Wildman–Crippen LogP) is 8.30. The van der Waals surface area contributed by atoms with Gasteiger partial charge >= 0.3 is 0 Å². The standard InChI is InChI=1S/C26H44BrNO/c1-2-3-4-5-7-10-13-20-28-21-15-16-24-23-25(17-18-26(24)28)29-22-14-11-8-6-9-12-19-27/h17-18,23H,2-16,19-22H2,1H3. The fourth-order valence-corrected chi connectivity index (χ4v) is 4.72. The molecule has 2 rings (SSSR count). The molecule has 0 N–H and O–H groups in total. The fourth-order valence-electron chi connectivity index (χ4n) is 4.33. The summed E-state index contributed by atoms with van der Waals surface area (Å²) in [5.41, 5.74) is 2.95. The SMILES string of the molecule is CCCCCCCCCN1CCCc2cc(OCCCCCCCCBr)ccc21. The van der Waals surface area contributed by atoms with Gasteiger partial charge in [-0.2, -0.15) is 0 Å². The number of benzene rings is 1. The zero-order valence-electron chi connectivity index (χ0n) is 18.9. The molecule has 1 aromatic rings. The molecule has 166 valence electrons. The number of fused-ring (bicyclic) bond motifs is 1. The van der Waals surface area contributed by atoms with E-state index in [0.717, 1.165) is 17.7 Å². The van der Waals surface area contributed by atoms with Crippen molar-refractivity contribution in [3.8, 4) is 5.75 Å². The van der Waals surface area contributed by atoms with Crippen LogP contribution in [0.15, 0.2) is 18.2 Å². The van der Waals surface area contributed by atoms with Crippen LogP contribution in [-0.2, 0) is 6.42 Å². The third-order valence-electron chi connectivity index (χ3n) is 6.09. The summed E-state index contributed by atoms with van der Waals surface area (Å²) >= 11 is 3.50. The van der Waals surface area contributed by atoms with Crippen LogP contribution in [0.2, 0.25) is 0 Å². The van der Waals surface area contributed by atoms with Crippen molar-refractivity contribution in [2.24, 2.45) is 0 Å². The van der Waals surface area contributed by atoms with E-state index < -0.39 is 0 Å². The molecular weight excluding hydrogens is 422 g/mol. The van der Waals surface area contributed by atoms with Crippen molar-refractivity contribution in [2.75, 3.05) is 29.9 Å². The van der Waals surface area contributed by atoms with Crippen LogP contribution in [0, 0.1) is 0 Å². The summed E-state index contributed by atoms with van der Waals surface area (Å²) in [7, 11) is 0. The van der Waals surface area contributed by atoms with Gasteiger partial charge in [-0.25, -0.2) is 0 Å². The molecule has 0 radical (unpaired) electrons. The Labute approximate surface area is 188 Å². The second-order valence-corrected chi connectivity index (χ2v) is 9.45. The second-order valence-electron chi connectivity index (χ2n) is 8.66. The van der Waals surface area contributed by atoms with Gasteiger partial charge in [0.15, 0.2) is 0 Å². The van der Waals surface area contributed by atoms with Crippen molar-refractivity contribution in [1.82, 2.24) is 0 Å². The zero-order valence-corrected chi connectivity index (χ0v) is 20.5. The second kappa shape index (κ2) is 16.1. The summed E-state index contributed by atoms with van der Waals surface area (Å²) in [5.74, 6) is 1.07. The van der Waals surface area contributed by atoms with E-state index in [1.54, 1.807) is 0 Å². The Balaban J connectivity index is 1.64. The highest BCUT2D eigenvalue weighted by atomic mass is 79.9. The first-order valence-electron chi connectivity index (χ1n) is 12.4. The number of anilines is 1. The molecule has 0 atom stereocenters. The molecule has 2 nitrogen and oxygen atoms in total. The van der Waals surface area contributed by atoms with Crippen LogP contribution in [-0.4, -0.2) is 25.0 Å². The average molecular weight is 467 g/mol. The van der Waals surface area contributed by atoms with Gasteiger partial charge in [0.25, 0.3) is 0 Å². The number of unbranched alkanes of at least 4 members (excludes halogenated alkanes) is 11. The van der Waals surface area contributed by atoms with Gasteiger partial charge in [0.1, 0.15) is 5.75 Å². The minimum atomic E-state index is 0.860. The first kappa shape index (κ1) is 24.6. The van der Waals surface area contributed by atoms with Crippen LogP contribution >= 0.6 is 15.9 Å². The van der Waals surface area contributed by atoms with Crippen molar-refractivity contribution < 1.29 is 4.74 Å². The number of halogens is 1. The zero-order chi connectivity index (χ0) is 20.6. The van der Waals surface area contributed by atoms with E-state index in [1.807, 2.05) is 0 Å². The van der Waals surface area contributed by atoms with Gasteiger partial charge in [-0.15, -0.1) is 0 Å². The number of hydrogen-bond acceptors (Lipinski definition) is 2. The molecule has 0 saturated carbocycles.